The lowest BCUT2D eigenvalue weighted by Gasteiger charge is -2.06. The molecule has 7 nitrogen and oxygen atoms in total. The van der Waals surface area contributed by atoms with E-state index < -0.39 is 12.6 Å². The zero-order valence-electron chi connectivity index (χ0n) is 13.5. The summed E-state index contributed by atoms with van der Waals surface area (Å²) in [4.78, 5) is 28.3. The molecule has 0 spiro atoms. The molecule has 2 aromatic heterocycles. The van der Waals surface area contributed by atoms with Gasteiger partial charge in [0.1, 0.15) is 12.4 Å². The first-order valence-electron chi connectivity index (χ1n) is 7.46. The summed E-state index contributed by atoms with van der Waals surface area (Å²) in [7, 11) is 0. The van der Waals surface area contributed by atoms with Crippen molar-refractivity contribution in [1.29, 1.82) is 0 Å². The third-order valence-electron chi connectivity index (χ3n) is 3.27. The predicted octanol–water partition coefficient (Wildman–Crippen LogP) is 2.35. The van der Waals surface area contributed by atoms with Gasteiger partial charge in [-0.1, -0.05) is 23.5 Å². The van der Waals surface area contributed by atoms with Crippen LogP contribution >= 0.6 is 11.3 Å². The maximum absolute atomic E-state index is 12.1. The number of aryl methyl sites for hydroxylation is 1. The van der Waals surface area contributed by atoms with Gasteiger partial charge >= 0.3 is 12.6 Å². The van der Waals surface area contributed by atoms with E-state index >= 15 is 0 Å². The Bertz CT molecular complexity index is 985. The lowest BCUT2D eigenvalue weighted by molar-refractivity contribution is -0.144. The first kappa shape index (κ1) is 17.9. The predicted molar refractivity (Wildman–Crippen MR) is 88.4 cm³/mol. The molecule has 0 atom stereocenters. The molecular weight excluding hydrogens is 368 g/mol. The van der Waals surface area contributed by atoms with Crippen molar-refractivity contribution in [1.82, 2.24) is 14.6 Å². The minimum atomic E-state index is -2.90. The van der Waals surface area contributed by atoms with Crippen LogP contribution in [0.1, 0.15) is 16.3 Å². The van der Waals surface area contributed by atoms with Crippen LogP contribution in [0.2, 0.25) is 0 Å². The third kappa shape index (κ3) is 4.39. The van der Waals surface area contributed by atoms with Crippen molar-refractivity contribution in [3.05, 3.63) is 57.0 Å². The first-order valence-corrected chi connectivity index (χ1v) is 8.28. The number of nitrogens with zero attached hydrogens (tertiary/aromatic N) is 3. The summed E-state index contributed by atoms with van der Waals surface area (Å²) in [5.41, 5.74) is 0.878. The number of benzene rings is 1. The molecule has 0 aliphatic rings. The second kappa shape index (κ2) is 7.56. The fourth-order valence-electron chi connectivity index (χ4n) is 2.17. The Labute approximate surface area is 149 Å². The lowest BCUT2D eigenvalue weighted by Crippen LogP contribution is -2.14. The average Bonchev–Trinajstić information content (AvgIpc) is 2.97. The van der Waals surface area contributed by atoms with Gasteiger partial charge < -0.3 is 9.47 Å². The van der Waals surface area contributed by atoms with Crippen LogP contribution in [-0.4, -0.2) is 27.2 Å². The van der Waals surface area contributed by atoms with E-state index in [0.29, 0.717) is 21.2 Å². The highest BCUT2D eigenvalue weighted by Crippen LogP contribution is 2.16. The van der Waals surface area contributed by atoms with Crippen molar-refractivity contribution in [3.63, 3.8) is 0 Å². The van der Waals surface area contributed by atoms with Crippen LogP contribution in [-0.2, 0) is 22.6 Å². The average molecular weight is 381 g/mol. The van der Waals surface area contributed by atoms with E-state index in [0.717, 1.165) is 15.9 Å². The Hall–Kier alpha value is -2.88. The smallest absolute Gasteiger partial charge is 0.387 e. The summed E-state index contributed by atoms with van der Waals surface area (Å²) in [6.07, 6.45) is -0.0306. The molecule has 1 aromatic carbocycles. The molecule has 0 radical (unpaired) electrons. The fourth-order valence-corrected chi connectivity index (χ4v) is 3.03. The molecule has 0 aliphatic carbocycles. The van der Waals surface area contributed by atoms with Crippen molar-refractivity contribution < 1.29 is 23.0 Å². The molecule has 0 amide bonds. The Morgan fingerprint density at radius 3 is 2.73 bits per heavy atom. The molecule has 3 aromatic rings. The number of carbonyl (C=O) groups excluding carboxylic acids is 1. The molecule has 136 valence electrons. The Kier molecular flexibility index (Phi) is 5.21. The van der Waals surface area contributed by atoms with Crippen LogP contribution in [0.3, 0.4) is 0 Å². The van der Waals surface area contributed by atoms with Gasteiger partial charge in [0, 0.05) is 11.8 Å². The summed E-state index contributed by atoms with van der Waals surface area (Å²) in [5.74, 6) is -0.497. The van der Waals surface area contributed by atoms with Gasteiger partial charge in [-0.2, -0.15) is 18.4 Å². The van der Waals surface area contributed by atoms with E-state index in [1.807, 2.05) is 0 Å². The second-order valence-electron chi connectivity index (χ2n) is 5.29. The maximum atomic E-state index is 12.1. The van der Waals surface area contributed by atoms with Crippen LogP contribution in [0.4, 0.5) is 8.78 Å². The van der Waals surface area contributed by atoms with Crippen LogP contribution in [0, 0.1) is 6.92 Å². The SMILES string of the molecule is Cc1cc(=O)n2nc(COC(=O)Cc3ccc(OC(F)F)cc3)sc2n1. The number of alkyl halides is 2. The highest BCUT2D eigenvalue weighted by atomic mass is 32.1. The van der Waals surface area contributed by atoms with Crippen molar-refractivity contribution >= 4 is 22.3 Å². The molecule has 0 bridgehead atoms. The van der Waals surface area contributed by atoms with E-state index in [4.69, 9.17) is 4.74 Å². The van der Waals surface area contributed by atoms with Gasteiger partial charge in [0.2, 0.25) is 4.96 Å². The van der Waals surface area contributed by atoms with E-state index in [1.165, 1.54) is 30.3 Å². The number of rotatable bonds is 6. The number of esters is 1. The van der Waals surface area contributed by atoms with Crippen molar-refractivity contribution in [2.45, 2.75) is 26.6 Å². The number of aromatic nitrogens is 3. The first-order chi connectivity index (χ1) is 12.4. The number of fused-ring (bicyclic) bond motifs is 1. The van der Waals surface area contributed by atoms with Crippen LogP contribution in [0.5, 0.6) is 5.75 Å². The molecule has 3 rings (SSSR count). The maximum Gasteiger partial charge on any atom is 0.387 e. The number of hydrogen-bond donors (Lipinski definition) is 0. The van der Waals surface area contributed by atoms with Gasteiger partial charge in [-0.25, -0.2) is 4.98 Å². The standard InChI is InChI=1S/C16H13F2N3O4S/c1-9-6-13(22)21-16(19-9)26-12(20-21)8-24-14(23)7-10-2-4-11(5-3-10)25-15(17)18/h2-6,15H,7-8H2,1H3. The van der Waals surface area contributed by atoms with Crippen molar-refractivity contribution in [2.75, 3.05) is 0 Å². The number of halogens is 2. The molecule has 0 aliphatic heterocycles. The lowest BCUT2D eigenvalue weighted by atomic mass is 10.1. The van der Waals surface area contributed by atoms with Gasteiger partial charge in [-0.3, -0.25) is 9.59 Å². The van der Waals surface area contributed by atoms with E-state index in [9.17, 15) is 18.4 Å². The Morgan fingerprint density at radius 1 is 1.31 bits per heavy atom. The van der Waals surface area contributed by atoms with Crippen molar-refractivity contribution in [3.8, 4) is 5.75 Å². The molecule has 0 fully saturated rings. The largest absolute Gasteiger partial charge is 0.458 e. The minimum absolute atomic E-state index is 0.0137. The quantitative estimate of drug-likeness (QED) is 0.610. The van der Waals surface area contributed by atoms with Crippen LogP contribution < -0.4 is 10.3 Å². The summed E-state index contributed by atoms with van der Waals surface area (Å²) in [5, 5.41) is 4.51. The summed E-state index contributed by atoms with van der Waals surface area (Å²) in [6.45, 7) is -1.28. The van der Waals surface area contributed by atoms with Gasteiger partial charge in [0.15, 0.2) is 5.01 Å². The van der Waals surface area contributed by atoms with E-state index in [2.05, 4.69) is 14.8 Å². The highest BCUT2D eigenvalue weighted by Gasteiger charge is 2.11. The minimum Gasteiger partial charge on any atom is -0.458 e. The van der Waals surface area contributed by atoms with E-state index in [1.54, 1.807) is 6.92 Å². The highest BCUT2D eigenvalue weighted by molar-refractivity contribution is 7.16. The van der Waals surface area contributed by atoms with Gasteiger partial charge in [-0.05, 0) is 24.6 Å². The summed E-state index contributed by atoms with van der Waals surface area (Å²) >= 11 is 1.16. The topological polar surface area (TPSA) is 82.8 Å². The molecular formula is C16H13F2N3O4S. The summed E-state index contributed by atoms with van der Waals surface area (Å²) in [6, 6.07) is 7.07. The molecule has 0 saturated carbocycles. The summed E-state index contributed by atoms with van der Waals surface area (Å²) < 4.78 is 34.7. The molecule has 26 heavy (non-hydrogen) atoms. The Morgan fingerprint density at radius 2 is 2.04 bits per heavy atom. The fraction of sp³-hybridized carbons (Fsp3) is 0.250. The number of carbonyl (C=O) groups is 1. The second-order valence-corrected chi connectivity index (χ2v) is 6.33. The monoisotopic (exact) mass is 381 g/mol. The molecule has 0 saturated heterocycles. The molecule has 10 heteroatoms. The van der Waals surface area contributed by atoms with Crippen LogP contribution in [0.25, 0.3) is 4.96 Å². The van der Waals surface area contributed by atoms with Crippen molar-refractivity contribution in [2.24, 2.45) is 0 Å². The normalized spacial score (nSPS) is 11.1. The van der Waals surface area contributed by atoms with Gasteiger partial charge in [0.05, 0.1) is 6.42 Å². The zero-order chi connectivity index (χ0) is 18.7. The third-order valence-corrected chi connectivity index (χ3v) is 4.15. The molecule has 0 unspecified atom stereocenters. The molecule has 0 N–H and O–H groups in total. The number of hydrogen-bond acceptors (Lipinski definition) is 7. The van der Waals surface area contributed by atoms with E-state index in [-0.39, 0.29) is 24.3 Å². The molecule has 2 heterocycles. The number of ether oxygens (including phenoxy) is 2. The zero-order valence-corrected chi connectivity index (χ0v) is 14.3. The Balaban J connectivity index is 1.59. The van der Waals surface area contributed by atoms with Gasteiger partial charge in [-0.15, -0.1) is 0 Å². The van der Waals surface area contributed by atoms with Gasteiger partial charge in [0.25, 0.3) is 5.56 Å². The van der Waals surface area contributed by atoms with Crippen LogP contribution in [0.15, 0.2) is 35.1 Å².